The molecule has 2 aromatic rings. The van der Waals surface area contributed by atoms with Crippen LogP contribution in [-0.2, 0) is 21.0 Å². The van der Waals surface area contributed by atoms with Gasteiger partial charge in [0.15, 0.2) is 0 Å². The Balaban J connectivity index is 2.37. The van der Waals surface area contributed by atoms with E-state index in [-0.39, 0.29) is 21.4 Å². The molecule has 0 aliphatic rings. The summed E-state index contributed by atoms with van der Waals surface area (Å²) in [5.74, 6) is -0.857. The second-order valence-corrected chi connectivity index (χ2v) is 8.70. The van der Waals surface area contributed by atoms with Crippen molar-refractivity contribution in [3.05, 3.63) is 57.0 Å². The number of carbonyl (C=O) groups is 1. The maximum atomic E-state index is 13.1. The van der Waals surface area contributed by atoms with Crippen molar-refractivity contribution in [2.75, 3.05) is 22.4 Å². The van der Waals surface area contributed by atoms with Crippen molar-refractivity contribution in [2.45, 2.75) is 6.18 Å². The number of benzene rings is 2. The highest BCUT2D eigenvalue weighted by Crippen LogP contribution is 2.37. The van der Waals surface area contributed by atoms with Crippen LogP contribution in [0.5, 0.6) is 0 Å². The van der Waals surface area contributed by atoms with Gasteiger partial charge in [-0.1, -0.05) is 40.9 Å². The smallest absolute Gasteiger partial charge is 0.322 e. The van der Waals surface area contributed by atoms with E-state index >= 15 is 0 Å². The molecule has 0 unspecified atom stereocenters. The van der Waals surface area contributed by atoms with E-state index in [2.05, 4.69) is 5.32 Å². The number of anilines is 2. The van der Waals surface area contributed by atoms with E-state index < -0.39 is 39.2 Å². The van der Waals surface area contributed by atoms with E-state index in [4.69, 9.17) is 34.8 Å². The van der Waals surface area contributed by atoms with Crippen LogP contribution in [0.15, 0.2) is 36.4 Å². The molecule has 5 nitrogen and oxygen atoms in total. The van der Waals surface area contributed by atoms with Gasteiger partial charge >= 0.3 is 6.18 Å². The molecule has 1 N–H and O–H groups in total. The molecule has 2 rings (SSSR count). The van der Waals surface area contributed by atoms with E-state index in [0.29, 0.717) is 10.4 Å². The van der Waals surface area contributed by atoms with Gasteiger partial charge in [0.2, 0.25) is 15.9 Å². The first-order valence-electron chi connectivity index (χ1n) is 7.39. The van der Waals surface area contributed by atoms with E-state index in [0.717, 1.165) is 18.4 Å². The first-order valence-corrected chi connectivity index (χ1v) is 10.4. The van der Waals surface area contributed by atoms with Crippen molar-refractivity contribution >= 4 is 62.1 Å². The third-order valence-corrected chi connectivity index (χ3v) is 5.56. The average molecular weight is 476 g/mol. The highest BCUT2D eigenvalue weighted by molar-refractivity contribution is 7.92. The molecule has 0 aliphatic carbocycles. The van der Waals surface area contributed by atoms with Gasteiger partial charge < -0.3 is 5.32 Å². The first kappa shape index (κ1) is 22.6. The van der Waals surface area contributed by atoms with E-state index in [1.165, 1.54) is 18.2 Å². The Labute approximate surface area is 174 Å². The molecular weight excluding hydrogens is 464 g/mol. The number of nitrogens with one attached hydrogen (secondary N) is 1. The lowest BCUT2D eigenvalue weighted by molar-refractivity contribution is -0.137. The number of halogens is 6. The molecule has 0 aliphatic heterocycles. The lowest BCUT2D eigenvalue weighted by atomic mass is 10.2. The van der Waals surface area contributed by atoms with E-state index in [1.54, 1.807) is 0 Å². The molecule has 12 heteroatoms. The fraction of sp³-hybridized carbons (Fsp3) is 0.188. The van der Waals surface area contributed by atoms with Crippen LogP contribution < -0.4 is 9.62 Å². The number of alkyl halides is 3. The molecule has 0 saturated heterocycles. The second-order valence-electron chi connectivity index (χ2n) is 5.58. The minimum absolute atomic E-state index is 0.0522. The van der Waals surface area contributed by atoms with Gasteiger partial charge in [0.25, 0.3) is 0 Å². The van der Waals surface area contributed by atoms with Gasteiger partial charge in [0.1, 0.15) is 6.54 Å². The molecule has 1 amide bonds. The summed E-state index contributed by atoms with van der Waals surface area (Å²) in [6.07, 6.45) is -4.05. The van der Waals surface area contributed by atoms with Gasteiger partial charge in [-0.05, 0) is 30.3 Å². The highest BCUT2D eigenvalue weighted by Gasteiger charge is 2.34. The third-order valence-electron chi connectivity index (χ3n) is 3.46. The molecule has 152 valence electrons. The zero-order chi connectivity index (χ0) is 21.3. The van der Waals surface area contributed by atoms with Gasteiger partial charge in [-0.15, -0.1) is 0 Å². The molecule has 0 radical (unpaired) electrons. The summed E-state index contributed by atoms with van der Waals surface area (Å²) in [5, 5.41) is 1.97. The Morgan fingerprint density at radius 2 is 1.64 bits per heavy atom. The van der Waals surface area contributed by atoms with Crippen LogP contribution in [0.1, 0.15) is 5.56 Å². The van der Waals surface area contributed by atoms with Crippen LogP contribution in [0.2, 0.25) is 15.1 Å². The van der Waals surface area contributed by atoms with Gasteiger partial charge in [-0.2, -0.15) is 13.2 Å². The number of sulfonamides is 1. The number of amides is 1. The summed E-state index contributed by atoms with van der Waals surface area (Å²) in [7, 11) is -4.10. The number of hydrogen-bond donors (Lipinski definition) is 1. The monoisotopic (exact) mass is 474 g/mol. The Morgan fingerprint density at radius 3 is 2.14 bits per heavy atom. The largest absolute Gasteiger partial charge is 0.417 e. The molecular formula is C16H12Cl3F3N2O3S. The molecule has 2 aromatic carbocycles. The SMILES string of the molecule is CS(=O)(=O)N(CC(=O)Nc1c(Cl)cccc1Cl)c1ccc(Cl)c(C(F)(F)F)c1. The Morgan fingerprint density at radius 1 is 1.07 bits per heavy atom. The van der Waals surface area contributed by atoms with Crippen molar-refractivity contribution in [1.29, 1.82) is 0 Å². The number of para-hydroxylation sites is 1. The molecule has 0 heterocycles. The van der Waals surface area contributed by atoms with Gasteiger partial charge in [0.05, 0.1) is 38.3 Å². The third kappa shape index (κ3) is 5.44. The average Bonchev–Trinajstić information content (AvgIpc) is 2.55. The van der Waals surface area contributed by atoms with Crippen LogP contribution in [0.4, 0.5) is 24.5 Å². The van der Waals surface area contributed by atoms with Crippen LogP contribution in [0, 0.1) is 0 Å². The zero-order valence-electron chi connectivity index (χ0n) is 14.0. The lowest BCUT2D eigenvalue weighted by Crippen LogP contribution is -2.37. The molecule has 0 spiro atoms. The van der Waals surface area contributed by atoms with Crippen LogP contribution in [0.25, 0.3) is 0 Å². The van der Waals surface area contributed by atoms with Crippen molar-refractivity contribution in [2.24, 2.45) is 0 Å². The standard InChI is InChI=1S/C16H12Cl3F3N2O3S/c1-28(26,27)24(9-5-6-11(17)10(7-9)16(20,21)22)8-14(25)23-15-12(18)3-2-4-13(15)19/h2-7H,8H2,1H3,(H,23,25). The fourth-order valence-corrected chi connectivity index (χ4v) is 3.78. The van der Waals surface area contributed by atoms with Crippen molar-refractivity contribution in [3.63, 3.8) is 0 Å². The second kappa shape index (κ2) is 8.36. The summed E-state index contributed by atoms with van der Waals surface area (Å²) < 4.78 is 63.9. The Hall–Kier alpha value is -1.68. The summed E-state index contributed by atoms with van der Waals surface area (Å²) >= 11 is 17.4. The quantitative estimate of drug-likeness (QED) is 0.656. The van der Waals surface area contributed by atoms with Gasteiger partial charge in [0, 0.05) is 0 Å². The van der Waals surface area contributed by atoms with Crippen molar-refractivity contribution in [1.82, 2.24) is 0 Å². The number of rotatable bonds is 5. The van der Waals surface area contributed by atoms with E-state index in [9.17, 15) is 26.4 Å². The van der Waals surface area contributed by atoms with Crippen LogP contribution in [0.3, 0.4) is 0 Å². The fourth-order valence-electron chi connectivity index (χ4n) is 2.21. The molecule has 28 heavy (non-hydrogen) atoms. The maximum absolute atomic E-state index is 13.1. The predicted molar refractivity (Wildman–Crippen MR) is 104 cm³/mol. The lowest BCUT2D eigenvalue weighted by Gasteiger charge is -2.23. The molecule has 0 fully saturated rings. The molecule has 0 bridgehead atoms. The summed E-state index contributed by atoms with van der Waals surface area (Å²) in [6, 6.07) is 6.96. The first-order chi connectivity index (χ1) is 12.8. The van der Waals surface area contributed by atoms with Gasteiger partial charge in [-0.3, -0.25) is 9.10 Å². The van der Waals surface area contributed by atoms with Crippen molar-refractivity contribution in [3.8, 4) is 0 Å². The predicted octanol–water partition coefficient (Wildman–Crippen LogP) is 5.07. The maximum Gasteiger partial charge on any atom is 0.417 e. The minimum Gasteiger partial charge on any atom is -0.322 e. The summed E-state index contributed by atoms with van der Waals surface area (Å²) in [6.45, 7) is -0.806. The summed E-state index contributed by atoms with van der Waals surface area (Å²) in [5.41, 5.74) is -1.55. The topological polar surface area (TPSA) is 66.5 Å². The van der Waals surface area contributed by atoms with Gasteiger partial charge in [-0.25, -0.2) is 8.42 Å². The molecule has 0 saturated carbocycles. The Bertz CT molecular complexity index is 994. The number of carbonyl (C=O) groups excluding carboxylic acids is 1. The molecule has 0 aromatic heterocycles. The Kier molecular flexibility index (Phi) is 6.75. The summed E-state index contributed by atoms with van der Waals surface area (Å²) in [4.78, 5) is 12.3. The minimum atomic E-state index is -4.80. The number of nitrogens with zero attached hydrogens (tertiary/aromatic N) is 1. The highest BCUT2D eigenvalue weighted by atomic mass is 35.5. The molecule has 0 atom stereocenters. The van der Waals surface area contributed by atoms with Crippen LogP contribution in [-0.4, -0.2) is 27.1 Å². The van der Waals surface area contributed by atoms with E-state index in [1.807, 2.05) is 0 Å². The zero-order valence-corrected chi connectivity index (χ0v) is 17.1. The van der Waals surface area contributed by atoms with Crippen molar-refractivity contribution < 1.29 is 26.4 Å². The normalized spacial score (nSPS) is 12.0. The number of hydrogen-bond acceptors (Lipinski definition) is 3. The van der Waals surface area contributed by atoms with Crippen LogP contribution >= 0.6 is 34.8 Å².